The van der Waals surface area contributed by atoms with Crippen LogP contribution in [0.25, 0.3) is 0 Å². The van der Waals surface area contributed by atoms with E-state index in [9.17, 15) is 0 Å². The predicted molar refractivity (Wildman–Crippen MR) is 82.0 cm³/mol. The third-order valence-electron chi connectivity index (χ3n) is 4.05. The van der Waals surface area contributed by atoms with Crippen molar-refractivity contribution in [2.24, 2.45) is 5.41 Å². The van der Waals surface area contributed by atoms with E-state index in [0.717, 1.165) is 12.8 Å². The Hall–Kier alpha value is -1.34. The highest BCUT2D eigenvalue weighted by atomic mass is 16.5. The molecule has 102 valence electrons. The molecule has 1 heteroatoms. The van der Waals surface area contributed by atoms with E-state index in [1.54, 1.807) is 0 Å². The van der Waals surface area contributed by atoms with E-state index >= 15 is 0 Å². The Morgan fingerprint density at radius 1 is 1.21 bits per heavy atom. The molecule has 2 aliphatic rings. The summed E-state index contributed by atoms with van der Waals surface area (Å²) in [5.74, 6) is 0. The molecule has 19 heavy (non-hydrogen) atoms. The zero-order valence-electron chi connectivity index (χ0n) is 12.3. The summed E-state index contributed by atoms with van der Waals surface area (Å²) in [5.41, 5.74) is 2.53. The highest BCUT2D eigenvalue weighted by molar-refractivity contribution is 5.30. The molecule has 0 fully saturated rings. The lowest BCUT2D eigenvalue weighted by Gasteiger charge is -2.29. The van der Waals surface area contributed by atoms with Crippen LogP contribution in [-0.4, -0.2) is 12.2 Å². The zero-order chi connectivity index (χ0) is 13.9. The molecule has 0 aromatic carbocycles. The molecule has 0 N–H and O–H groups in total. The monoisotopic (exact) mass is 256 g/mol. The van der Waals surface area contributed by atoms with Gasteiger partial charge in [0.1, 0.15) is 0 Å². The fraction of sp³-hybridized carbons (Fsp3) is 0.444. The van der Waals surface area contributed by atoms with Gasteiger partial charge in [-0.2, -0.15) is 0 Å². The average molecular weight is 256 g/mol. The summed E-state index contributed by atoms with van der Waals surface area (Å²) in [6, 6.07) is 0. The van der Waals surface area contributed by atoms with Crippen molar-refractivity contribution < 1.29 is 4.74 Å². The maximum Gasteiger partial charge on any atom is 0.0876 e. The van der Waals surface area contributed by atoms with Crippen molar-refractivity contribution in [3.05, 3.63) is 60.3 Å². The Morgan fingerprint density at radius 2 is 2.00 bits per heavy atom. The number of hydrogen-bond acceptors (Lipinski definition) is 1. The Kier molecular flexibility index (Phi) is 3.96. The number of allylic oxidation sites excluding steroid dienone is 5. The zero-order valence-corrected chi connectivity index (χ0v) is 12.3. The van der Waals surface area contributed by atoms with Crippen LogP contribution in [0, 0.1) is 5.41 Å². The summed E-state index contributed by atoms with van der Waals surface area (Å²) in [7, 11) is 0. The minimum Gasteiger partial charge on any atom is -0.366 e. The Bertz CT molecular complexity index is 478. The molecule has 0 bridgehead atoms. The molecule has 0 spiro atoms. The van der Waals surface area contributed by atoms with E-state index in [4.69, 9.17) is 4.74 Å². The summed E-state index contributed by atoms with van der Waals surface area (Å²) in [5, 5.41) is 0. The van der Waals surface area contributed by atoms with Gasteiger partial charge in [-0.3, -0.25) is 0 Å². The molecule has 0 amide bonds. The Morgan fingerprint density at radius 3 is 2.53 bits per heavy atom. The molecule has 0 heterocycles. The first kappa shape index (κ1) is 14.1. The van der Waals surface area contributed by atoms with Gasteiger partial charge >= 0.3 is 0 Å². The van der Waals surface area contributed by atoms with Crippen LogP contribution in [0.2, 0.25) is 0 Å². The lowest BCUT2D eigenvalue weighted by atomic mass is 9.82. The summed E-state index contributed by atoms with van der Waals surface area (Å²) in [4.78, 5) is 0. The van der Waals surface area contributed by atoms with Gasteiger partial charge in [-0.15, -0.1) is 6.58 Å². The fourth-order valence-corrected chi connectivity index (χ4v) is 2.21. The van der Waals surface area contributed by atoms with Crippen LogP contribution < -0.4 is 0 Å². The van der Waals surface area contributed by atoms with Crippen LogP contribution >= 0.6 is 0 Å². The second-order valence-electron chi connectivity index (χ2n) is 6.11. The Labute approximate surface area is 117 Å². The standard InChI is InChI=1S/C18H24O/c1-5-17(3)10-8-16(9-11-17)14-19-18(4)12-6-15(2)7-13-18/h5-10,12H,1,11,13-14H2,2-4H3. The first-order valence-corrected chi connectivity index (χ1v) is 6.97. The molecule has 0 aliphatic heterocycles. The van der Waals surface area contributed by atoms with E-state index in [2.05, 4.69) is 63.8 Å². The summed E-state index contributed by atoms with van der Waals surface area (Å²) >= 11 is 0. The van der Waals surface area contributed by atoms with E-state index in [0.29, 0.717) is 6.61 Å². The molecule has 0 radical (unpaired) electrons. The molecule has 2 atom stereocenters. The second-order valence-corrected chi connectivity index (χ2v) is 6.11. The van der Waals surface area contributed by atoms with E-state index in [1.165, 1.54) is 11.1 Å². The average Bonchev–Trinajstić information content (AvgIpc) is 2.42. The van der Waals surface area contributed by atoms with Gasteiger partial charge in [0.25, 0.3) is 0 Å². The van der Waals surface area contributed by atoms with Crippen LogP contribution in [0.4, 0.5) is 0 Å². The van der Waals surface area contributed by atoms with Crippen molar-refractivity contribution in [1.29, 1.82) is 0 Å². The van der Waals surface area contributed by atoms with Gasteiger partial charge in [0.2, 0.25) is 0 Å². The minimum atomic E-state index is -0.159. The minimum absolute atomic E-state index is 0.109. The van der Waals surface area contributed by atoms with Crippen molar-refractivity contribution in [3.8, 4) is 0 Å². The molecule has 0 aromatic heterocycles. The van der Waals surface area contributed by atoms with Crippen LogP contribution in [0.1, 0.15) is 33.6 Å². The number of ether oxygens (including phenoxy) is 1. The van der Waals surface area contributed by atoms with Crippen LogP contribution in [0.15, 0.2) is 60.3 Å². The molecular formula is C18H24O. The normalized spacial score (nSPS) is 33.8. The smallest absolute Gasteiger partial charge is 0.0876 e. The van der Waals surface area contributed by atoms with E-state index < -0.39 is 0 Å². The van der Waals surface area contributed by atoms with Gasteiger partial charge in [-0.25, -0.2) is 0 Å². The largest absolute Gasteiger partial charge is 0.366 e. The van der Waals surface area contributed by atoms with Crippen molar-refractivity contribution in [2.45, 2.75) is 39.2 Å². The Balaban J connectivity index is 1.90. The highest BCUT2D eigenvalue weighted by Gasteiger charge is 2.24. The van der Waals surface area contributed by atoms with E-state index in [-0.39, 0.29) is 11.0 Å². The van der Waals surface area contributed by atoms with Gasteiger partial charge in [-0.05, 0) is 32.3 Å². The molecule has 0 aromatic rings. The molecule has 2 aliphatic carbocycles. The van der Waals surface area contributed by atoms with E-state index in [1.807, 2.05) is 6.08 Å². The van der Waals surface area contributed by atoms with Crippen LogP contribution in [0.5, 0.6) is 0 Å². The quantitative estimate of drug-likeness (QED) is 0.660. The summed E-state index contributed by atoms with van der Waals surface area (Å²) in [6.45, 7) is 11.0. The lowest BCUT2D eigenvalue weighted by Crippen LogP contribution is -2.28. The third kappa shape index (κ3) is 3.57. The predicted octanol–water partition coefficient (Wildman–Crippen LogP) is 4.75. The summed E-state index contributed by atoms with van der Waals surface area (Å²) in [6.07, 6.45) is 17.2. The van der Waals surface area contributed by atoms with Crippen molar-refractivity contribution in [2.75, 3.05) is 6.61 Å². The fourth-order valence-electron chi connectivity index (χ4n) is 2.21. The van der Waals surface area contributed by atoms with Crippen molar-refractivity contribution >= 4 is 0 Å². The maximum atomic E-state index is 6.08. The highest BCUT2D eigenvalue weighted by Crippen LogP contribution is 2.31. The lowest BCUT2D eigenvalue weighted by molar-refractivity contribution is 0.0219. The first-order chi connectivity index (χ1) is 8.95. The molecule has 0 saturated carbocycles. The van der Waals surface area contributed by atoms with Crippen molar-refractivity contribution in [3.63, 3.8) is 0 Å². The van der Waals surface area contributed by atoms with Gasteiger partial charge in [0, 0.05) is 5.41 Å². The van der Waals surface area contributed by atoms with Gasteiger partial charge in [0.15, 0.2) is 0 Å². The molecule has 2 unspecified atom stereocenters. The maximum absolute atomic E-state index is 6.08. The van der Waals surface area contributed by atoms with Gasteiger partial charge < -0.3 is 4.74 Å². The SMILES string of the molecule is C=CC1(C)C=CC(COC2(C)C=CC(C)=CC2)=CC1. The van der Waals surface area contributed by atoms with Crippen LogP contribution in [0.3, 0.4) is 0 Å². The molecule has 2 rings (SSSR count). The number of rotatable bonds is 4. The van der Waals surface area contributed by atoms with Gasteiger partial charge in [0.05, 0.1) is 12.2 Å². The summed E-state index contributed by atoms with van der Waals surface area (Å²) < 4.78 is 6.08. The van der Waals surface area contributed by atoms with Crippen LogP contribution in [-0.2, 0) is 4.74 Å². The topological polar surface area (TPSA) is 9.23 Å². The molecular weight excluding hydrogens is 232 g/mol. The van der Waals surface area contributed by atoms with Crippen molar-refractivity contribution in [1.82, 2.24) is 0 Å². The van der Waals surface area contributed by atoms with Gasteiger partial charge in [-0.1, -0.05) is 55.0 Å². The molecule has 1 nitrogen and oxygen atoms in total. The second kappa shape index (κ2) is 5.34. The third-order valence-corrected chi connectivity index (χ3v) is 4.05. The number of hydrogen-bond donors (Lipinski definition) is 0. The first-order valence-electron chi connectivity index (χ1n) is 6.97. The molecule has 0 saturated heterocycles.